The van der Waals surface area contributed by atoms with E-state index in [9.17, 15) is 4.79 Å². The molecule has 1 saturated carbocycles. The van der Waals surface area contributed by atoms with Gasteiger partial charge in [0.1, 0.15) is 0 Å². The van der Waals surface area contributed by atoms with E-state index in [2.05, 4.69) is 18.7 Å². The molecule has 3 nitrogen and oxygen atoms in total. The van der Waals surface area contributed by atoms with Crippen molar-refractivity contribution in [1.82, 2.24) is 4.90 Å². The second-order valence-electron chi connectivity index (χ2n) is 6.42. The van der Waals surface area contributed by atoms with Gasteiger partial charge < -0.3 is 10.6 Å². The van der Waals surface area contributed by atoms with Crippen LogP contribution in [0.25, 0.3) is 0 Å². The standard InChI is InChI=1S/C17H34N2O/c1-3-5-7-9-14-19(15-10-8-6-4-2)16(20)17(18)12-11-13-17/h3-15,18H2,1-2H3. The minimum absolute atomic E-state index is 0.219. The van der Waals surface area contributed by atoms with Gasteiger partial charge in [-0.25, -0.2) is 0 Å². The Morgan fingerprint density at radius 2 is 1.45 bits per heavy atom. The molecule has 1 aliphatic rings. The molecule has 0 aromatic heterocycles. The summed E-state index contributed by atoms with van der Waals surface area (Å²) in [7, 11) is 0. The molecule has 0 unspecified atom stereocenters. The average molecular weight is 282 g/mol. The van der Waals surface area contributed by atoms with Crippen molar-refractivity contribution in [3.05, 3.63) is 0 Å². The minimum Gasteiger partial charge on any atom is -0.341 e. The van der Waals surface area contributed by atoms with Crippen molar-refractivity contribution in [2.24, 2.45) is 5.73 Å². The van der Waals surface area contributed by atoms with Gasteiger partial charge in [-0.05, 0) is 32.1 Å². The van der Waals surface area contributed by atoms with Crippen LogP contribution in [0.15, 0.2) is 0 Å². The number of unbranched alkanes of at least 4 members (excludes halogenated alkanes) is 6. The van der Waals surface area contributed by atoms with Gasteiger partial charge in [-0.1, -0.05) is 52.4 Å². The quantitative estimate of drug-likeness (QED) is 0.585. The number of nitrogens with two attached hydrogens (primary N) is 1. The lowest BCUT2D eigenvalue weighted by atomic mass is 9.76. The molecule has 0 spiro atoms. The molecule has 20 heavy (non-hydrogen) atoms. The highest BCUT2D eigenvalue weighted by atomic mass is 16.2. The van der Waals surface area contributed by atoms with Gasteiger partial charge in [-0.2, -0.15) is 0 Å². The fourth-order valence-corrected chi connectivity index (χ4v) is 2.86. The van der Waals surface area contributed by atoms with Gasteiger partial charge in [0.05, 0.1) is 5.54 Å². The lowest BCUT2D eigenvalue weighted by Crippen LogP contribution is -2.59. The molecule has 1 rings (SSSR count). The first-order valence-electron chi connectivity index (χ1n) is 8.72. The normalized spacial score (nSPS) is 16.8. The predicted octanol–water partition coefficient (Wildman–Crippen LogP) is 3.86. The number of hydrogen-bond donors (Lipinski definition) is 1. The number of carbonyl (C=O) groups is 1. The SMILES string of the molecule is CCCCCCN(CCCCCC)C(=O)C1(N)CCC1. The third-order valence-corrected chi connectivity index (χ3v) is 4.52. The second-order valence-corrected chi connectivity index (χ2v) is 6.42. The molecule has 0 atom stereocenters. The Balaban J connectivity index is 2.38. The molecule has 3 heteroatoms. The number of amides is 1. The van der Waals surface area contributed by atoms with Crippen LogP contribution in [-0.2, 0) is 4.79 Å². The smallest absolute Gasteiger partial charge is 0.242 e. The maximum atomic E-state index is 12.6. The zero-order valence-electron chi connectivity index (χ0n) is 13.6. The highest BCUT2D eigenvalue weighted by molar-refractivity contribution is 5.87. The first-order valence-corrected chi connectivity index (χ1v) is 8.72. The summed E-state index contributed by atoms with van der Waals surface area (Å²) in [5.74, 6) is 0.219. The molecule has 0 heterocycles. The van der Waals surface area contributed by atoms with E-state index in [1.165, 1.54) is 38.5 Å². The van der Waals surface area contributed by atoms with Crippen LogP contribution in [-0.4, -0.2) is 29.4 Å². The molecule has 118 valence electrons. The fourth-order valence-electron chi connectivity index (χ4n) is 2.86. The minimum atomic E-state index is -0.518. The molecule has 1 aliphatic carbocycles. The molecular formula is C17H34N2O. The van der Waals surface area contributed by atoms with E-state index in [0.29, 0.717) is 0 Å². The lowest BCUT2D eigenvalue weighted by Gasteiger charge is -2.40. The Morgan fingerprint density at radius 1 is 0.950 bits per heavy atom. The first kappa shape index (κ1) is 17.5. The molecule has 0 aliphatic heterocycles. The van der Waals surface area contributed by atoms with Crippen LogP contribution in [0.3, 0.4) is 0 Å². The summed E-state index contributed by atoms with van der Waals surface area (Å²) in [5.41, 5.74) is 5.70. The van der Waals surface area contributed by atoms with Gasteiger partial charge in [0.2, 0.25) is 5.91 Å². The molecule has 0 aromatic carbocycles. The summed E-state index contributed by atoms with van der Waals surface area (Å²) < 4.78 is 0. The highest BCUT2D eigenvalue weighted by Gasteiger charge is 2.42. The zero-order chi connectivity index (χ0) is 14.8. The molecule has 2 N–H and O–H groups in total. The number of hydrogen-bond acceptors (Lipinski definition) is 2. The van der Waals surface area contributed by atoms with E-state index in [0.717, 1.165) is 45.2 Å². The third kappa shape index (κ3) is 5.43. The zero-order valence-corrected chi connectivity index (χ0v) is 13.6. The van der Waals surface area contributed by atoms with Crippen LogP contribution >= 0.6 is 0 Å². The van der Waals surface area contributed by atoms with E-state index in [1.54, 1.807) is 0 Å². The molecule has 1 amide bonds. The van der Waals surface area contributed by atoms with Gasteiger partial charge in [-0.3, -0.25) is 4.79 Å². The van der Waals surface area contributed by atoms with Gasteiger partial charge in [-0.15, -0.1) is 0 Å². The van der Waals surface area contributed by atoms with Gasteiger partial charge in [0, 0.05) is 13.1 Å². The van der Waals surface area contributed by atoms with Crippen LogP contribution in [0.1, 0.15) is 84.5 Å². The van der Waals surface area contributed by atoms with E-state index >= 15 is 0 Å². The average Bonchev–Trinajstić information content (AvgIpc) is 2.42. The molecule has 0 saturated heterocycles. The number of nitrogens with zero attached hydrogens (tertiary/aromatic N) is 1. The summed E-state index contributed by atoms with van der Waals surface area (Å²) in [6.07, 6.45) is 12.6. The molecule has 0 aromatic rings. The van der Waals surface area contributed by atoms with Gasteiger partial charge in [0.15, 0.2) is 0 Å². The van der Waals surface area contributed by atoms with E-state index in [1.807, 2.05) is 0 Å². The van der Waals surface area contributed by atoms with Crippen LogP contribution < -0.4 is 5.73 Å². The second kappa shape index (κ2) is 9.38. The van der Waals surface area contributed by atoms with Crippen molar-refractivity contribution in [2.75, 3.05) is 13.1 Å². The predicted molar refractivity (Wildman–Crippen MR) is 85.6 cm³/mol. The molecule has 0 bridgehead atoms. The maximum Gasteiger partial charge on any atom is 0.242 e. The number of rotatable bonds is 11. The van der Waals surface area contributed by atoms with Gasteiger partial charge >= 0.3 is 0 Å². The third-order valence-electron chi connectivity index (χ3n) is 4.52. The van der Waals surface area contributed by atoms with E-state index < -0.39 is 5.54 Å². The fraction of sp³-hybridized carbons (Fsp3) is 0.941. The number of carbonyl (C=O) groups excluding carboxylic acids is 1. The molecule has 0 radical (unpaired) electrons. The van der Waals surface area contributed by atoms with E-state index in [4.69, 9.17) is 5.73 Å². The largest absolute Gasteiger partial charge is 0.341 e. The van der Waals surface area contributed by atoms with Crippen LogP contribution in [0, 0.1) is 0 Å². The summed E-state index contributed by atoms with van der Waals surface area (Å²) in [6.45, 7) is 6.25. The van der Waals surface area contributed by atoms with Crippen molar-refractivity contribution >= 4 is 5.91 Å². The topological polar surface area (TPSA) is 46.3 Å². The Bertz CT molecular complexity index is 262. The monoisotopic (exact) mass is 282 g/mol. The Kier molecular flexibility index (Phi) is 8.20. The highest BCUT2D eigenvalue weighted by Crippen LogP contribution is 2.31. The van der Waals surface area contributed by atoms with Crippen LogP contribution in [0.5, 0.6) is 0 Å². The van der Waals surface area contributed by atoms with Crippen molar-refractivity contribution in [3.63, 3.8) is 0 Å². The summed E-state index contributed by atoms with van der Waals surface area (Å²) in [6, 6.07) is 0. The summed E-state index contributed by atoms with van der Waals surface area (Å²) in [4.78, 5) is 14.6. The first-order chi connectivity index (χ1) is 9.64. The van der Waals surface area contributed by atoms with Crippen LogP contribution in [0.4, 0.5) is 0 Å². The van der Waals surface area contributed by atoms with Crippen LogP contribution in [0.2, 0.25) is 0 Å². The molecular weight excluding hydrogens is 248 g/mol. The van der Waals surface area contributed by atoms with Crippen molar-refractivity contribution < 1.29 is 4.79 Å². The summed E-state index contributed by atoms with van der Waals surface area (Å²) >= 11 is 0. The van der Waals surface area contributed by atoms with E-state index in [-0.39, 0.29) is 5.91 Å². The van der Waals surface area contributed by atoms with Crippen molar-refractivity contribution in [2.45, 2.75) is 90.0 Å². The van der Waals surface area contributed by atoms with Crippen molar-refractivity contribution in [3.8, 4) is 0 Å². The lowest BCUT2D eigenvalue weighted by molar-refractivity contribution is -0.140. The van der Waals surface area contributed by atoms with Crippen molar-refractivity contribution in [1.29, 1.82) is 0 Å². The summed E-state index contributed by atoms with van der Waals surface area (Å²) in [5, 5.41) is 0. The van der Waals surface area contributed by atoms with Gasteiger partial charge in [0.25, 0.3) is 0 Å². The Labute approximate surface area is 125 Å². The Hall–Kier alpha value is -0.570. The Morgan fingerprint density at radius 3 is 1.80 bits per heavy atom. The molecule has 1 fully saturated rings. The maximum absolute atomic E-state index is 12.6.